The normalized spacial score (nSPS) is 19.1. The fraction of sp³-hybridized carbons (Fsp3) is 0.571. The van der Waals surface area contributed by atoms with Crippen molar-refractivity contribution < 1.29 is 0 Å². The molecule has 0 unspecified atom stereocenters. The van der Waals surface area contributed by atoms with E-state index in [0.29, 0.717) is 10.9 Å². The van der Waals surface area contributed by atoms with Crippen LogP contribution >= 0.6 is 23.2 Å². The maximum atomic E-state index is 6.22. The molecule has 2 rings (SSSR count). The zero-order chi connectivity index (χ0) is 11.4. The largest absolute Gasteiger partial charge is 0.0836 e. The molecule has 0 amide bonds. The van der Waals surface area contributed by atoms with Crippen LogP contribution in [-0.2, 0) is 0 Å². The van der Waals surface area contributed by atoms with Gasteiger partial charge in [-0.3, -0.25) is 0 Å². The van der Waals surface area contributed by atoms with Gasteiger partial charge in [0, 0.05) is 6.07 Å². The summed E-state index contributed by atoms with van der Waals surface area (Å²) in [7, 11) is 0. The highest BCUT2D eigenvalue weighted by atomic mass is 35.5. The average Bonchev–Trinajstić information content (AvgIpc) is 2.19. The number of hydrogen-bond acceptors (Lipinski definition) is 0. The monoisotopic (exact) mass is 255 g/mol. The third-order valence-corrected chi connectivity index (χ3v) is 3.97. The van der Waals surface area contributed by atoms with Gasteiger partial charge in [-0.1, -0.05) is 61.4 Å². The van der Waals surface area contributed by atoms with Gasteiger partial charge in [0.05, 0.1) is 10.0 Å². The number of benzene rings is 1. The molecule has 0 aromatic heterocycles. The first-order valence-corrected chi connectivity index (χ1v) is 6.90. The van der Waals surface area contributed by atoms with Gasteiger partial charge in [0.15, 0.2) is 0 Å². The summed E-state index contributed by atoms with van der Waals surface area (Å²) < 4.78 is 0. The van der Waals surface area contributed by atoms with E-state index in [9.17, 15) is 0 Å². The van der Waals surface area contributed by atoms with Crippen molar-refractivity contribution in [2.75, 3.05) is 0 Å². The van der Waals surface area contributed by atoms with Gasteiger partial charge >= 0.3 is 0 Å². The summed E-state index contributed by atoms with van der Waals surface area (Å²) in [6.45, 7) is 0. The van der Waals surface area contributed by atoms with Gasteiger partial charge in [-0.25, -0.2) is 0 Å². The van der Waals surface area contributed by atoms with Crippen LogP contribution in [0.2, 0.25) is 10.0 Å². The van der Waals surface area contributed by atoms with E-state index in [1.54, 1.807) is 0 Å². The van der Waals surface area contributed by atoms with Crippen LogP contribution in [0.3, 0.4) is 0 Å². The Balaban J connectivity index is 2.14. The molecule has 0 saturated heterocycles. The van der Waals surface area contributed by atoms with Gasteiger partial charge < -0.3 is 0 Å². The van der Waals surface area contributed by atoms with Crippen LogP contribution in [0.25, 0.3) is 0 Å². The number of hydrogen-bond donors (Lipinski definition) is 0. The number of rotatable bonds is 1. The van der Waals surface area contributed by atoms with E-state index in [0.717, 1.165) is 5.02 Å². The second-order valence-electron chi connectivity index (χ2n) is 4.62. The molecule has 0 heterocycles. The molecular formula is C14H17Cl2. The molecule has 1 fully saturated rings. The fourth-order valence-corrected chi connectivity index (χ4v) is 3.06. The van der Waals surface area contributed by atoms with Gasteiger partial charge in [-0.05, 0) is 30.4 Å². The molecule has 1 aromatic carbocycles. The van der Waals surface area contributed by atoms with Crippen molar-refractivity contribution in [2.24, 2.45) is 0 Å². The first-order valence-electron chi connectivity index (χ1n) is 6.14. The third-order valence-electron chi connectivity index (χ3n) is 3.44. The molecule has 2 heteroatoms. The molecule has 0 atom stereocenters. The topological polar surface area (TPSA) is 0 Å². The summed E-state index contributed by atoms with van der Waals surface area (Å²) in [6.07, 6.45) is 9.29. The summed E-state index contributed by atoms with van der Waals surface area (Å²) in [4.78, 5) is 0. The SMILES string of the molecule is Clc1[c]c(Cl)c(C2CCCCCCC2)cc1. The summed E-state index contributed by atoms with van der Waals surface area (Å²) in [5.74, 6) is 0.612. The Morgan fingerprint density at radius 1 is 0.938 bits per heavy atom. The Bertz CT molecular complexity index is 339. The minimum atomic E-state index is 0.611. The van der Waals surface area contributed by atoms with E-state index in [2.05, 4.69) is 12.1 Å². The zero-order valence-electron chi connectivity index (χ0n) is 9.44. The second-order valence-corrected chi connectivity index (χ2v) is 5.40. The van der Waals surface area contributed by atoms with Gasteiger partial charge in [-0.15, -0.1) is 0 Å². The van der Waals surface area contributed by atoms with E-state index in [-0.39, 0.29) is 0 Å². The lowest BCUT2D eigenvalue weighted by atomic mass is 9.86. The molecule has 0 bridgehead atoms. The van der Waals surface area contributed by atoms with Crippen LogP contribution in [0.4, 0.5) is 0 Å². The lowest BCUT2D eigenvalue weighted by Crippen LogP contribution is -2.03. The molecule has 16 heavy (non-hydrogen) atoms. The van der Waals surface area contributed by atoms with Crippen molar-refractivity contribution in [3.63, 3.8) is 0 Å². The molecule has 0 spiro atoms. The lowest BCUT2D eigenvalue weighted by Gasteiger charge is -2.21. The van der Waals surface area contributed by atoms with Crippen molar-refractivity contribution >= 4 is 23.2 Å². The first-order chi connectivity index (χ1) is 7.77. The van der Waals surface area contributed by atoms with Gasteiger partial charge in [-0.2, -0.15) is 0 Å². The van der Waals surface area contributed by atoms with Gasteiger partial charge in [0.25, 0.3) is 0 Å². The lowest BCUT2D eigenvalue weighted by molar-refractivity contribution is 0.455. The van der Waals surface area contributed by atoms with E-state index >= 15 is 0 Å². The molecule has 1 aromatic rings. The quantitative estimate of drug-likeness (QED) is 0.611. The Hall–Kier alpha value is -0.200. The smallest absolute Gasteiger partial charge is 0.0535 e. The maximum absolute atomic E-state index is 6.22. The van der Waals surface area contributed by atoms with E-state index < -0.39 is 0 Å². The predicted molar refractivity (Wildman–Crippen MR) is 70.4 cm³/mol. The molecule has 0 nitrogen and oxygen atoms in total. The summed E-state index contributed by atoms with van der Waals surface area (Å²) in [5, 5.41) is 1.33. The van der Waals surface area contributed by atoms with Gasteiger partial charge in [0.1, 0.15) is 0 Å². The Morgan fingerprint density at radius 2 is 1.56 bits per heavy atom. The molecule has 0 N–H and O–H groups in total. The average molecular weight is 256 g/mol. The molecule has 1 radical (unpaired) electrons. The van der Waals surface area contributed by atoms with Crippen molar-refractivity contribution in [1.29, 1.82) is 0 Å². The van der Waals surface area contributed by atoms with Crippen molar-refractivity contribution in [3.05, 3.63) is 33.8 Å². The van der Waals surface area contributed by atoms with Crippen LogP contribution in [0, 0.1) is 6.07 Å². The fourth-order valence-electron chi connectivity index (χ4n) is 2.54. The minimum Gasteiger partial charge on any atom is -0.0836 e. The summed E-state index contributed by atoms with van der Waals surface area (Å²) in [6, 6.07) is 6.98. The molecule has 87 valence electrons. The second kappa shape index (κ2) is 5.93. The summed E-state index contributed by atoms with van der Waals surface area (Å²) in [5.41, 5.74) is 1.24. The predicted octanol–water partition coefficient (Wildman–Crippen LogP) is 5.62. The highest BCUT2D eigenvalue weighted by Gasteiger charge is 2.16. The third kappa shape index (κ3) is 3.15. The van der Waals surface area contributed by atoms with Gasteiger partial charge in [0.2, 0.25) is 0 Å². The van der Waals surface area contributed by atoms with Crippen LogP contribution in [0.5, 0.6) is 0 Å². The summed E-state index contributed by atoms with van der Waals surface area (Å²) >= 11 is 12.1. The maximum Gasteiger partial charge on any atom is 0.0535 e. The Labute approximate surface area is 108 Å². The van der Waals surface area contributed by atoms with Crippen molar-refractivity contribution in [3.8, 4) is 0 Å². The van der Waals surface area contributed by atoms with E-state index in [4.69, 9.17) is 23.2 Å². The Morgan fingerprint density at radius 3 is 2.19 bits per heavy atom. The van der Waals surface area contributed by atoms with Crippen molar-refractivity contribution in [2.45, 2.75) is 50.9 Å². The zero-order valence-corrected chi connectivity index (χ0v) is 10.9. The highest BCUT2D eigenvalue weighted by molar-refractivity contribution is 6.34. The van der Waals surface area contributed by atoms with E-state index in [1.807, 2.05) is 6.07 Å². The molecule has 1 aliphatic carbocycles. The standard InChI is InChI=1S/C14H17Cl2/c15-12-8-9-13(14(16)10-12)11-6-4-2-1-3-5-7-11/h8-9,11H,1-7H2. The van der Waals surface area contributed by atoms with E-state index in [1.165, 1.54) is 50.5 Å². The number of halogens is 2. The highest BCUT2D eigenvalue weighted by Crippen LogP contribution is 2.35. The van der Waals surface area contributed by atoms with Crippen LogP contribution < -0.4 is 0 Å². The van der Waals surface area contributed by atoms with Crippen LogP contribution in [0.15, 0.2) is 12.1 Å². The van der Waals surface area contributed by atoms with Crippen LogP contribution in [0.1, 0.15) is 56.4 Å². The minimum absolute atomic E-state index is 0.611. The molecule has 1 aliphatic rings. The molecule has 1 saturated carbocycles. The molecule has 0 aliphatic heterocycles. The first kappa shape index (κ1) is 12.3. The van der Waals surface area contributed by atoms with Crippen molar-refractivity contribution in [1.82, 2.24) is 0 Å². The Kier molecular flexibility index (Phi) is 4.55. The van der Waals surface area contributed by atoms with Crippen LogP contribution in [-0.4, -0.2) is 0 Å². The molecular weight excluding hydrogens is 239 g/mol.